The van der Waals surface area contributed by atoms with Crippen molar-refractivity contribution in [1.29, 1.82) is 0 Å². The molecule has 0 aromatic heterocycles. The van der Waals surface area contributed by atoms with E-state index in [4.69, 9.17) is 0 Å². The average molecular weight is 310 g/mol. The molecule has 0 aromatic rings. The molecule has 1 aliphatic heterocycles. The smallest absolute Gasteiger partial charge is 0.0934 e. The SMILES string of the molecule is IN=IN1CC1. The van der Waals surface area contributed by atoms with Gasteiger partial charge in [-0.05, 0) is 0 Å². The maximum atomic E-state index is 4.00. The van der Waals surface area contributed by atoms with E-state index in [0.717, 1.165) is 0 Å². The molecule has 1 rings (SSSR count). The Balaban J connectivity index is 2.15. The highest BCUT2D eigenvalue weighted by Gasteiger charge is 2.13. The van der Waals surface area contributed by atoms with Crippen molar-refractivity contribution in [2.45, 2.75) is 0 Å². The standard InChI is InChI=1S/C2H4I2N2/c3-5-4-6-1-2-6/h1-2H2. The lowest BCUT2D eigenvalue weighted by Gasteiger charge is -1.72. The van der Waals surface area contributed by atoms with E-state index in [1.54, 1.807) is 0 Å². The van der Waals surface area contributed by atoms with Crippen molar-refractivity contribution in [3.05, 3.63) is 0 Å². The molecule has 0 amide bonds. The van der Waals surface area contributed by atoms with Crippen LogP contribution in [0, 0.1) is 0 Å². The molecule has 1 saturated heterocycles. The topological polar surface area (TPSA) is 15.4 Å². The molecule has 0 atom stereocenters. The molecule has 0 aromatic carbocycles. The van der Waals surface area contributed by atoms with Crippen molar-refractivity contribution in [2.75, 3.05) is 13.1 Å². The Bertz CT molecular complexity index is 67.9. The summed E-state index contributed by atoms with van der Waals surface area (Å²) in [5, 5.41) is 0. The van der Waals surface area contributed by atoms with Crippen LogP contribution in [0.15, 0.2) is 1.36 Å². The van der Waals surface area contributed by atoms with Gasteiger partial charge in [-0.2, -0.15) is 1.36 Å². The van der Waals surface area contributed by atoms with Crippen molar-refractivity contribution in [2.24, 2.45) is 1.36 Å². The van der Waals surface area contributed by atoms with Crippen molar-refractivity contribution in [3.63, 3.8) is 0 Å². The maximum absolute atomic E-state index is 4.00. The molecule has 0 N–H and O–H groups in total. The minimum atomic E-state index is 0.124. The fraction of sp³-hybridized carbons (Fsp3) is 1.00. The van der Waals surface area contributed by atoms with Gasteiger partial charge in [-0.3, -0.25) is 0 Å². The lowest BCUT2D eigenvalue weighted by atomic mass is 11.0. The van der Waals surface area contributed by atoms with E-state index in [1.807, 2.05) is 0 Å². The van der Waals surface area contributed by atoms with Gasteiger partial charge >= 0.3 is 0 Å². The molecule has 0 unspecified atom stereocenters. The van der Waals surface area contributed by atoms with Crippen LogP contribution in [0.25, 0.3) is 0 Å². The molecule has 1 heterocycles. The molecular weight excluding hydrogens is 306 g/mol. The Kier molecular flexibility index (Phi) is 2.24. The van der Waals surface area contributed by atoms with Crippen LogP contribution in [0.1, 0.15) is 0 Å². The maximum Gasteiger partial charge on any atom is 0.0934 e. The summed E-state index contributed by atoms with van der Waals surface area (Å²) in [6.45, 7) is 2.61. The third-order valence-electron chi connectivity index (χ3n) is 0.528. The fourth-order valence-corrected chi connectivity index (χ4v) is 2.58. The first-order chi connectivity index (χ1) is 2.93. The molecule has 1 fully saturated rings. The van der Waals surface area contributed by atoms with E-state index in [1.165, 1.54) is 13.1 Å². The summed E-state index contributed by atoms with van der Waals surface area (Å²) in [6, 6.07) is 0. The summed E-state index contributed by atoms with van der Waals surface area (Å²) < 4.78 is 6.37. The van der Waals surface area contributed by atoms with Gasteiger partial charge in [-0.15, -0.1) is 0 Å². The zero-order chi connectivity index (χ0) is 4.41. The van der Waals surface area contributed by atoms with Crippen molar-refractivity contribution < 1.29 is 0 Å². The summed E-state index contributed by atoms with van der Waals surface area (Å²) in [4.78, 5) is 0. The van der Waals surface area contributed by atoms with Gasteiger partial charge in [0.25, 0.3) is 0 Å². The largest absolute Gasteiger partial charge is 0.235 e. The Labute approximate surface area is 61.3 Å². The van der Waals surface area contributed by atoms with Gasteiger partial charge in [-0.25, -0.2) is 3.11 Å². The number of halogens is 2. The monoisotopic (exact) mass is 310 g/mol. The number of nitrogens with zero attached hydrogens (tertiary/aromatic N) is 2. The Hall–Kier alpha value is 1.22. The van der Waals surface area contributed by atoms with Crippen LogP contribution in [0.2, 0.25) is 0 Å². The van der Waals surface area contributed by atoms with Crippen LogP contribution in [0.5, 0.6) is 0 Å². The van der Waals surface area contributed by atoms with E-state index in [9.17, 15) is 0 Å². The lowest BCUT2D eigenvalue weighted by Crippen LogP contribution is -1.61. The van der Waals surface area contributed by atoms with Gasteiger partial charge in [0.2, 0.25) is 0 Å². The fourth-order valence-electron chi connectivity index (χ4n) is 0.154. The molecule has 1 aliphatic rings. The van der Waals surface area contributed by atoms with Gasteiger partial charge in [0.1, 0.15) is 0 Å². The van der Waals surface area contributed by atoms with E-state index >= 15 is 0 Å². The summed E-state index contributed by atoms with van der Waals surface area (Å²) in [7, 11) is 0. The Morgan fingerprint density at radius 1 is 1.67 bits per heavy atom. The van der Waals surface area contributed by atoms with Crippen LogP contribution < -0.4 is 0 Å². The number of rotatable bonds is 1. The highest BCUT2D eigenvalue weighted by atomic mass is 127. The lowest BCUT2D eigenvalue weighted by molar-refractivity contribution is 1.03. The molecule has 0 bridgehead atoms. The Morgan fingerprint density at radius 2 is 2.33 bits per heavy atom. The quantitative estimate of drug-likeness (QED) is 0.409. The van der Waals surface area contributed by atoms with Crippen molar-refractivity contribution in [1.82, 2.24) is 3.11 Å². The second-order valence-electron chi connectivity index (χ2n) is 1.05. The van der Waals surface area contributed by atoms with E-state index in [-0.39, 0.29) is 21.3 Å². The van der Waals surface area contributed by atoms with Gasteiger partial charge in [0.15, 0.2) is 0 Å². The first kappa shape index (κ1) is 5.36. The second-order valence-corrected chi connectivity index (χ2v) is 5.66. The minimum Gasteiger partial charge on any atom is -0.235 e. The van der Waals surface area contributed by atoms with Gasteiger partial charge in [0, 0.05) is 13.1 Å². The van der Waals surface area contributed by atoms with Crippen molar-refractivity contribution in [3.8, 4) is 0 Å². The van der Waals surface area contributed by atoms with Gasteiger partial charge < -0.3 is 0 Å². The van der Waals surface area contributed by atoms with Crippen LogP contribution in [0.3, 0.4) is 0 Å². The first-order valence-corrected chi connectivity index (χ1v) is 4.53. The van der Waals surface area contributed by atoms with Crippen LogP contribution in [-0.2, 0) is 0 Å². The Morgan fingerprint density at radius 3 is 2.50 bits per heavy atom. The predicted molar refractivity (Wildman–Crippen MR) is 42.0 cm³/mol. The first-order valence-electron chi connectivity index (χ1n) is 1.64. The minimum absolute atomic E-state index is 0.124. The zero-order valence-corrected chi connectivity index (χ0v) is 7.38. The van der Waals surface area contributed by atoms with Gasteiger partial charge in [0.05, 0.1) is 44.2 Å². The van der Waals surface area contributed by atoms with Crippen LogP contribution in [-0.4, -0.2) is 16.2 Å². The molecule has 6 heavy (non-hydrogen) atoms. The molecule has 4 heteroatoms. The van der Waals surface area contributed by atoms with E-state index in [0.29, 0.717) is 0 Å². The highest BCUT2D eigenvalue weighted by molar-refractivity contribution is 14.2. The third kappa shape index (κ3) is 1.78. The number of hydrogen-bond acceptors (Lipinski definition) is 1. The zero-order valence-electron chi connectivity index (χ0n) is 3.06. The second kappa shape index (κ2) is 2.51. The molecule has 0 saturated carbocycles. The van der Waals surface area contributed by atoms with Gasteiger partial charge in [-0.1, -0.05) is 0 Å². The van der Waals surface area contributed by atoms with Crippen molar-refractivity contribution >= 4 is 44.2 Å². The van der Waals surface area contributed by atoms with E-state index < -0.39 is 0 Å². The predicted octanol–water partition coefficient (Wildman–Crippen LogP) is 1.72. The normalized spacial score (nSPS) is 24.2. The molecule has 0 spiro atoms. The molecule has 2 nitrogen and oxygen atoms in total. The summed E-state index contributed by atoms with van der Waals surface area (Å²) in [5.41, 5.74) is 0. The van der Waals surface area contributed by atoms with Crippen LogP contribution >= 0.6 is 44.2 Å². The molecule has 0 radical (unpaired) electrons. The molecule has 36 valence electrons. The third-order valence-corrected chi connectivity index (χ3v) is 3.36. The summed E-state index contributed by atoms with van der Waals surface area (Å²) in [6.07, 6.45) is 0. The number of hydrogen-bond donors (Lipinski definition) is 0. The summed E-state index contributed by atoms with van der Waals surface area (Å²) >= 11 is 2.20. The highest BCUT2D eigenvalue weighted by Crippen LogP contribution is 2.20. The molecular formula is C2H4I2N2. The van der Waals surface area contributed by atoms with Crippen LogP contribution in [0.4, 0.5) is 0 Å². The molecule has 0 aliphatic carbocycles. The average Bonchev–Trinajstić information content (AvgIpc) is 2.21. The van der Waals surface area contributed by atoms with E-state index in [2.05, 4.69) is 27.3 Å². The summed E-state index contributed by atoms with van der Waals surface area (Å²) in [5.74, 6) is 0.